The van der Waals surface area contributed by atoms with Crippen LogP contribution in [0.1, 0.15) is 31.4 Å². The number of hydrogen-bond donors (Lipinski definition) is 1. The molecule has 0 aliphatic heterocycles. The quantitative estimate of drug-likeness (QED) is 0.865. The van der Waals surface area contributed by atoms with Gasteiger partial charge >= 0.3 is 5.97 Å². The maximum Gasteiger partial charge on any atom is 0.325 e. The summed E-state index contributed by atoms with van der Waals surface area (Å²) < 4.78 is 0. The van der Waals surface area contributed by atoms with Crippen LogP contribution in [0.2, 0.25) is 10.0 Å². The molecule has 0 saturated heterocycles. The molecule has 1 rings (SSSR count). The first-order valence-electron chi connectivity index (χ1n) is 5.85. The Labute approximate surface area is 117 Å². The number of aliphatic carboxylic acids is 1. The van der Waals surface area contributed by atoms with Gasteiger partial charge in [0.15, 0.2) is 0 Å². The van der Waals surface area contributed by atoms with Crippen LogP contribution < -0.4 is 0 Å². The summed E-state index contributed by atoms with van der Waals surface area (Å²) >= 11 is 11.8. The standard InChI is InChI=1S/C13H17Cl2NO2/c1-3-4-7-16(2)12(13(17)18)9-5-6-10(14)11(15)8-9/h5-6,8,12H,3-4,7H2,1-2H3,(H,17,18). The van der Waals surface area contributed by atoms with E-state index in [-0.39, 0.29) is 0 Å². The van der Waals surface area contributed by atoms with Crippen LogP contribution in [0.4, 0.5) is 0 Å². The zero-order chi connectivity index (χ0) is 13.7. The number of carbonyl (C=O) groups is 1. The molecule has 0 heterocycles. The minimum absolute atomic E-state index is 0.379. The van der Waals surface area contributed by atoms with Crippen LogP contribution in [0.25, 0.3) is 0 Å². The maximum atomic E-state index is 11.4. The molecule has 1 aromatic rings. The van der Waals surface area contributed by atoms with Gasteiger partial charge in [0, 0.05) is 0 Å². The zero-order valence-electron chi connectivity index (χ0n) is 10.5. The number of benzene rings is 1. The van der Waals surface area contributed by atoms with Gasteiger partial charge < -0.3 is 5.11 Å². The summed E-state index contributed by atoms with van der Waals surface area (Å²) in [5.41, 5.74) is 0.649. The van der Waals surface area contributed by atoms with Gasteiger partial charge in [-0.15, -0.1) is 0 Å². The van der Waals surface area contributed by atoms with Crippen molar-refractivity contribution in [3.05, 3.63) is 33.8 Å². The SMILES string of the molecule is CCCCN(C)C(C(=O)O)c1ccc(Cl)c(Cl)c1. The second-order valence-electron chi connectivity index (χ2n) is 4.25. The van der Waals surface area contributed by atoms with Crippen molar-refractivity contribution in [1.29, 1.82) is 0 Å². The number of unbranched alkanes of at least 4 members (excludes halogenated alkanes) is 1. The largest absolute Gasteiger partial charge is 0.480 e. The van der Waals surface area contributed by atoms with E-state index >= 15 is 0 Å². The molecule has 0 spiro atoms. The minimum atomic E-state index is -0.882. The minimum Gasteiger partial charge on any atom is -0.480 e. The smallest absolute Gasteiger partial charge is 0.325 e. The number of halogens is 2. The summed E-state index contributed by atoms with van der Waals surface area (Å²) in [4.78, 5) is 13.2. The van der Waals surface area contributed by atoms with Crippen molar-refractivity contribution >= 4 is 29.2 Å². The normalized spacial score (nSPS) is 12.7. The summed E-state index contributed by atoms with van der Waals surface area (Å²) in [6, 6.07) is 4.26. The molecule has 1 unspecified atom stereocenters. The van der Waals surface area contributed by atoms with E-state index in [1.54, 1.807) is 25.2 Å². The van der Waals surface area contributed by atoms with Crippen molar-refractivity contribution in [2.24, 2.45) is 0 Å². The van der Waals surface area contributed by atoms with E-state index in [1.165, 1.54) is 0 Å². The van der Waals surface area contributed by atoms with Crippen molar-refractivity contribution in [3.8, 4) is 0 Å². The van der Waals surface area contributed by atoms with E-state index in [9.17, 15) is 9.90 Å². The van der Waals surface area contributed by atoms with Gasteiger partial charge in [-0.05, 0) is 37.7 Å². The fraction of sp³-hybridized carbons (Fsp3) is 0.462. The van der Waals surface area contributed by atoms with E-state index in [0.717, 1.165) is 19.4 Å². The van der Waals surface area contributed by atoms with Gasteiger partial charge in [0.05, 0.1) is 10.0 Å². The zero-order valence-corrected chi connectivity index (χ0v) is 12.0. The molecule has 5 heteroatoms. The van der Waals surface area contributed by atoms with Crippen molar-refractivity contribution in [2.75, 3.05) is 13.6 Å². The molecule has 0 aliphatic rings. The maximum absolute atomic E-state index is 11.4. The average molecular weight is 290 g/mol. The molecular formula is C13H17Cl2NO2. The lowest BCUT2D eigenvalue weighted by Gasteiger charge is -2.25. The summed E-state index contributed by atoms with van der Waals surface area (Å²) in [5, 5.41) is 10.1. The molecule has 18 heavy (non-hydrogen) atoms. The van der Waals surface area contributed by atoms with Gasteiger partial charge in [0.2, 0.25) is 0 Å². The molecule has 0 radical (unpaired) electrons. The summed E-state index contributed by atoms with van der Waals surface area (Å²) in [6.45, 7) is 2.80. The Bertz CT molecular complexity index is 423. The van der Waals surface area contributed by atoms with Gasteiger partial charge in [-0.2, -0.15) is 0 Å². The first-order valence-corrected chi connectivity index (χ1v) is 6.61. The number of nitrogens with zero attached hydrogens (tertiary/aromatic N) is 1. The Hall–Kier alpha value is -0.770. The van der Waals surface area contributed by atoms with E-state index in [1.807, 2.05) is 4.90 Å². The highest BCUT2D eigenvalue weighted by atomic mass is 35.5. The van der Waals surface area contributed by atoms with Crippen LogP contribution >= 0.6 is 23.2 Å². The Morgan fingerprint density at radius 2 is 2.06 bits per heavy atom. The van der Waals surface area contributed by atoms with Crippen LogP contribution in [0.3, 0.4) is 0 Å². The molecule has 0 bridgehead atoms. The Morgan fingerprint density at radius 3 is 2.56 bits per heavy atom. The number of likely N-dealkylation sites (N-methyl/N-ethyl adjacent to an activating group) is 1. The van der Waals surface area contributed by atoms with Crippen molar-refractivity contribution < 1.29 is 9.90 Å². The van der Waals surface area contributed by atoms with Gasteiger partial charge in [0.25, 0.3) is 0 Å². The monoisotopic (exact) mass is 289 g/mol. The van der Waals surface area contributed by atoms with E-state index in [0.29, 0.717) is 15.6 Å². The van der Waals surface area contributed by atoms with Gasteiger partial charge in [-0.1, -0.05) is 42.6 Å². The van der Waals surface area contributed by atoms with Gasteiger partial charge in [-0.25, -0.2) is 0 Å². The van der Waals surface area contributed by atoms with Gasteiger partial charge in [-0.3, -0.25) is 9.69 Å². The lowest BCUT2D eigenvalue weighted by atomic mass is 10.1. The highest BCUT2D eigenvalue weighted by Crippen LogP contribution is 2.28. The Balaban J connectivity index is 2.97. The fourth-order valence-corrected chi connectivity index (χ4v) is 2.11. The first-order chi connectivity index (χ1) is 8.47. The van der Waals surface area contributed by atoms with Crippen molar-refractivity contribution in [3.63, 3.8) is 0 Å². The van der Waals surface area contributed by atoms with Crippen LogP contribution in [0.15, 0.2) is 18.2 Å². The number of rotatable bonds is 6. The predicted octanol–water partition coefficient (Wildman–Crippen LogP) is 3.85. The number of carboxylic acid groups (broad SMARTS) is 1. The van der Waals surface area contributed by atoms with E-state index in [2.05, 4.69) is 6.92 Å². The summed E-state index contributed by atoms with van der Waals surface area (Å²) in [5.74, 6) is -0.882. The molecule has 3 nitrogen and oxygen atoms in total. The molecule has 0 amide bonds. The number of hydrogen-bond acceptors (Lipinski definition) is 2. The average Bonchev–Trinajstić information content (AvgIpc) is 2.31. The van der Waals surface area contributed by atoms with E-state index in [4.69, 9.17) is 23.2 Å². The molecule has 0 aliphatic carbocycles. The van der Waals surface area contributed by atoms with Crippen LogP contribution in [0.5, 0.6) is 0 Å². The van der Waals surface area contributed by atoms with Crippen molar-refractivity contribution in [1.82, 2.24) is 4.90 Å². The topological polar surface area (TPSA) is 40.5 Å². The molecule has 0 saturated carbocycles. The lowest BCUT2D eigenvalue weighted by Crippen LogP contribution is -2.31. The van der Waals surface area contributed by atoms with Crippen LogP contribution in [0, 0.1) is 0 Å². The number of carboxylic acids is 1. The third kappa shape index (κ3) is 3.87. The third-order valence-corrected chi connectivity index (χ3v) is 3.54. The van der Waals surface area contributed by atoms with E-state index < -0.39 is 12.0 Å². The Morgan fingerprint density at radius 1 is 1.39 bits per heavy atom. The first kappa shape index (κ1) is 15.3. The molecule has 0 aromatic heterocycles. The molecule has 100 valence electrons. The highest BCUT2D eigenvalue weighted by molar-refractivity contribution is 6.42. The second-order valence-corrected chi connectivity index (χ2v) is 5.06. The Kier molecular flexibility index (Phi) is 5.93. The lowest BCUT2D eigenvalue weighted by molar-refractivity contribution is -0.143. The van der Waals surface area contributed by atoms with Crippen molar-refractivity contribution in [2.45, 2.75) is 25.8 Å². The molecular weight excluding hydrogens is 273 g/mol. The second kappa shape index (κ2) is 6.98. The third-order valence-electron chi connectivity index (χ3n) is 2.80. The predicted molar refractivity (Wildman–Crippen MR) is 74.4 cm³/mol. The summed E-state index contributed by atoms with van der Waals surface area (Å²) in [7, 11) is 1.80. The summed E-state index contributed by atoms with van der Waals surface area (Å²) in [6.07, 6.45) is 1.99. The molecule has 0 fully saturated rings. The molecule has 1 aromatic carbocycles. The fourth-order valence-electron chi connectivity index (χ4n) is 1.80. The molecule has 1 N–H and O–H groups in total. The highest BCUT2D eigenvalue weighted by Gasteiger charge is 2.24. The van der Waals surface area contributed by atoms with Crippen LogP contribution in [-0.4, -0.2) is 29.6 Å². The van der Waals surface area contributed by atoms with Gasteiger partial charge in [0.1, 0.15) is 6.04 Å². The van der Waals surface area contributed by atoms with Crippen LogP contribution in [-0.2, 0) is 4.79 Å². The molecule has 1 atom stereocenters.